The Bertz CT molecular complexity index is 1330. The van der Waals surface area contributed by atoms with Gasteiger partial charge in [-0.2, -0.15) is 23.3 Å². The smallest absolute Gasteiger partial charge is 0.0193 e. The normalized spacial score (nSPS) is 12.9. The monoisotopic (exact) mass is 602 g/mol. The van der Waals surface area contributed by atoms with Crippen molar-refractivity contribution < 1.29 is 23.3 Å². The molecule has 36 heavy (non-hydrogen) atoms. The molecule has 0 aliphatic heterocycles. The number of hydrogen-bond acceptors (Lipinski definition) is 0. The Hall–Kier alpha value is -1.96. The summed E-state index contributed by atoms with van der Waals surface area (Å²) in [5.74, 6) is 0. The summed E-state index contributed by atoms with van der Waals surface area (Å²) in [5.41, 5.74) is 5.44. The Balaban J connectivity index is 0.000000211. The second-order valence-electron chi connectivity index (χ2n) is 8.48. The maximum atomic E-state index is 3.22. The zero-order valence-corrected chi connectivity index (χ0v) is 25.7. The zero-order chi connectivity index (χ0) is 23.8. The van der Waals surface area contributed by atoms with E-state index in [1.165, 1.54) is 43.8 Å². The summed E-state index contributed by atoms with van der Waals surface area (Å²) in [5, 5.41) is 5.25. The SMILES string of the molecule is C[Si](C)=[Zr+2].Cl.Cl.[C-]1=CC(c2cccc3ccccc23)=CC1.[C-]1=CC(c2cccc3ccccc23)=CC1. The Morgan fingerprint density at radius 1 is 0.583 bits per heavy atom. The molecule has 4 aromatic carbocycles. The first kappa shape index (κ1) is 30.3. The van der Waals surface area contributed by atoms with Crippen molar-refractivity contribution in [2.24, 2.45) is 0 Å². The summed E-state index contributed by atoms with van der Waals surface area (Å²) in [6, 6.07) is 29.9. The minimum atomic E-state index is 0. The third kappa shape index (κ3) is 8.02. The molecule has 0 bridgehead atoms. The minimum absolute atomic E-state index is 0. The van der Waals surface area contributed by atoms with Crippen LogP contribution in [0.5, 0.6) is 0 Å². The van der Waals surface area contributed by atoms with E-state index in [1.54, 1.807) is 23.3 Å². The quantitative estimate of drug-likeness (QED) is 0.158. The van der Waals surface area contributed by atoms with E-state index in [4.69, 9.17) is 0 Å². The zero-order valence-electron chi connectivity index (χ0n) is 20.6. The molecule has 2 aliphatic rings. The Morgan fingerprint density at radius 3 is 1.31 bits per heavy atom. The number of fused-ring (bicyclic) bond motifs is 2. The van der Waals surface area contributed by atoms with Crippen LogP contribution in [0.4, 0.5) is 0 Å². The van der Waals surface area contributed by atoms with Gasteiger partial charge in [0.25, 0.3) is 0 Å². The average Bonchev–Trinajstić information content (AvgIpc) is 3.58. The van der Waals surface area contributed by atoms with Crippen molar-refractivity contribution in [2.45, 2.75) is 25.9 Å². The first-order valence-electron chi connectivity index (χ1n) is 11.6. The van der Waals surface area contributed by atoms with Crippen LogP contribution in [-0.2, 0) is 23.3 Å². The topological polar surface area (TPSA) is 0 Å². The number of rotatable bonds is 2. The molecule has 0 aromatic heterocycles. The summed E-state index contributed by atoms with van der Waals surface area (Å²) >= 11 is 1.74. The van der Waals surface area contributed by atoms with Crippen molar-refractivity contribution in [1.82, 2.24) is 0 Å². The van der Waals surface area contributed by atoms with Gasteiger partial charge in [0.15, 0.2) is 0 Å². The Labute approximate surface area is 243 Å². The molecule has 0 radical (unpaired) electrons. The van der Waals surface area contributed by atoms with Gasteiger partial charge in [0, 0.05) is 0 Å². The molecular formula is C32H30Cl2SiZr. The Morgan fingerprint density at radius 2 is 0.944 bits per heavy atom. The summed E-state index contributed by atoms with van der Waals surface area (Å²) in [4.78, 5) is 0. The molecule has 180 valence electrons. The molecular weight excluding hydrogens is 575 g/mol. The van der Waals surface area contributed by atoms with Crippen molar-refractivity contribution in [3.05, 3.63) is 133 Å². The molecule has 0 atom stereocenters. The van der Waals surface area contributed by atoms with Crippen LogP contribution < -0.4 is 0 Å². The van der Waals surface area contributed by atoms with Gasteiger partial charge in [-0.1, -0.05) is 96.1 Å². The van der Waals surface area contributed by atoms with E-state index in [0.29, 0.717) is 0 Å². The van der Waals surface area contributed by atoms with Gasteiger partial charge >= 0.3 is 41.9 Å². The molecule has 2 aliphatic carbocycles. The minimum Gasteiger partial charge on any atom is -0.272 e. The molecule has 0 unspecified atom stereocenters. The van der Waals surface area contributed by atoms with Gasteiger partial charge < -0.3 is 0 Å². The van der Waals surface area contributed by atoms with Gasteiger partial charge in [-0.3, -0.25) is 12.2 Å². The molecule has 0 heterocycles. The third-order valence-electron chi connectivity index (χ3n) is 5.60. The van der Waals surface area contributed by atoms with E-state index in [2.05, 4.69) is 134 Å². The number of allylic oxidation sites excluding steroid dienone is 8. The molecule has 0 saturated carbocycles. The Kier molecular flexibility index (Phi) is 12.9. The van der Waals surface area contributed by atoms with Gasteiger partial charge in [-0.05, 0) is 21.5 Å². The second-order valence-corrected chi connectivity index (χ2v) is 17.9. The molecule has 0 amide bonds. The van der Waals surface area contributed by atoms with Gasteiger partial charge in [0.05, 0.1) is 0 Å². The van der Waals surface area contributed by atoms with Crippen LogP contribution >= 0.6 is 24.8 Å². The van der Waals surface area contributed by atoms with Crippen molar-refractivity contribution in [2.75, 3.05) is 0 Å². The van der Waals surface area contributed by atoms with E-state index in [9.17, 15) is 0 Å². The third-order valence-corrected chi connectivity index (χ3v) is 5.60. The number of benzene rings is 4. The van der Waals surface area contributed by atoms with Crippen LogP contribution in [0.15, 0.2) is 109 Å². The first-order chi connectivity index (χ1) is 16.6. The second kappa shape index (κ2) is 15.3. The van der Waals surface area contributed by atoms with Crippen LogP contribution in [0.2, 0.25) is 13.1 Å². The predicted molar refractivity (Wildman–Crippen MR) is 161 cm³/mol. The summed E-state index contributed by atoms with van der Waals surface area (Å²) in [7, 11) is 0. The molecule has 0 spiro atoms. The van der Waals surface area contributed by atoms with Gasteiger partial charge in [0.1, 0.15) is 0 Å². The van der Waals surface area contributed by atoms with Crippen LogP contribution in [0, 0.1) is 12.2 Å². The molecule has 4 heteroatoms. The van der Waals surface area contributed by atoms with Gasteiger partial charge in [-0.15, -0.1) is 37.7 Å². The average molecular weight is 605 g/mol. The van der Waals surface area contributed by atoms with Crippen LogP contribution in [0.1, 0.15) is 24.0 Å². The number of halogens is 2. The van der Waals surface area contributed by atoms with Crippen molar-refractivity contribution >= 4 is 62.9 Å². The first-order valence-corrected chi connectivity index (χ1v) is 17.8. The van der Waals surface area contributed by atoms with E-state index in [0.717, 1.165) is 12.8 Å². The fraction of sp³-hybridized carbons (Fsp3) is 0.125. The fourth-order valence-electron chi connectivity index (χ4n) is 4.12. The van der Waals surface area contributed by atoms with Crippen LogP contribution in [0.3, 0.4) is 0 Å². The standard InChI is InChI=1S/2C15H11.C2H6Si.2ClH.Zr/c2*1-2-7-12(6-1)15-11-5-9-13-8-3-4-10-14(13)15;1-3-2;;;/h2*3-11H,1H2;1-2H3;2*1H;/q2*-1;;;;+2. The van der Waals surface area contributed by atoms with Crippen LogP contribution in [-0.4, -0.2) is 5.43 Å². The molecule has 0 fully saturated rings. The largest absolute Gasteiger partial charge is 0.272 e. The summed E-state index contributed by atoms with van der Waals surface area (Å²) in [6.07, 6.45) is 16.9. The van der Waals surface area contributed by atoms with Gasteiger partial charge in [-0.25, -0.2) is 12.2 Å². The summed E-state index contributed by atoms with van der Waals surface area (Å²) in [6.45, 7) is 4.62. The maximum Gasteiger partial charge on any atom is -0.0193 e. The van der Waals surface area contributed by atoms with Crippen LogP contribution in [0.25, 0.3) is 32.7 Å². The molecule has 4 aromatic rings. The van der Waals surface area contributed by atoms with Crippen molar-refractivity contribution in [3.63, 3.8) is 0 Å². The fourth-order valence-corrected chi connectivity index (χ4v) is 4.12. The summed E-state index contributed by atoms with van der Waals surface area (Å²) < 4.78 is 0. The van der Waals surface area contributed by atoms with E-state index < -0.39 is 0 Å². The van der Waals surface area contributed by atoms with E-state index >= 15 is 0 Å². The molecule has 6 rings (SSSR count). The van der Waals surface area contributed by atoms with Crippen molar-refractivity contribution in [3.8, 4) is 0 Å². The van der Waals surface area contributed by atoms with E-state index in [-0.39, 0.29) is 30.2 Å². The maximum absolute atomic E-state index is 3.22. The number of hydrogen-bond donors (Lipinski definition) is 0. The molecule has 0 N–H and O–H groups in total. The molecule has 0 nitrogen and oxygen atoms in total. The van der Waals surface area contributed by atoms with E-state index in [1.807, 2.05) is 0 Å². The van der Waals surface area contributed by atoms with Crippen molar-refractivity contribution in [1.29, 1.82) is 0 Å². The molecule has 0 saturated heterocycles. The predicted octanol–water partition coefficient (Wildman–Crippen LogP) is 9.60. The van der Waals surface area contributed by atoms with Gasteiger partial charge in [0.2, 0.25) is 0 Å².